The van der Waals surface area contributed by atoms with Crippen molar-refractivity contribution in [3.05, 3.63) is 36.5 Å². The number of hydrogen-bond donors (Lipinski definition) is 2. The van der Waals surface area contributed by atoms with Crippen LogP contribution in [0.3, 0.4) is 0 Å². The quantitative estimate of drug-likeness (QED) is 0.0272. The third-order valence-electron chi connectivity index (χ3n) is 18.8. The van der Waals surface area contributed by atoms with E-state index in [1.165, 1.54) is 360 Å². The van der Waals surface area contributed by atoms with Gasteiger partial charge < -0.3 is 28.8 Å². The Bertz CT molecular complexity index is 1560. The van der Waals surface area contributed by atoms with Crippen LogP contribution in [0.1, 0.15) is 425 Å². The van der Waals surface area contributed by atoms with Crippen molar-refractivity contribution in [1.29, 1.82) is 0 Å². The van der Waals surface area contributed by atoms with Crippen molar-refractivity contribution < 1.29 is 32.9 Å². The normalized spacial score (nSPS) is 13.6. The maximum Gasteiger partial charge on any atom is 0.268 e. The van der Waals surface area contributed by atoms with Crippen LogP contribution in [0.4, 0.5) is 0 Å². The first-order valence-corrected chi connectivity index (χ1v) is 41.8. The molecule has 9 heteroatoms. The zero-order valence-electron chi connectivity index (χ0n) is 61.4. The molecule has 0 aromatic carbocycles. The zero-order chi connectivity index (χ0) is 65.5. The summed E-state index contributed by atoms with van der Waals surface area (Å²) in [7, 11) is 1.25. The minimum Gasteiger partial charge on any atom is -0.756 e. The first-order chi connectivity index (χ1) is 44.0. The number of nitrogens with one attached hydrogen (secondary N) is 1. The second-order valence-corrected chi connectivity index (χ2v) is 30.5. The lowest BCUT2D eigenvalue weighted by Crippen LogP contribution is -2.45. The molecule has 0 aliphatic heterocycles. The number of rotatable bonds is 76. The zero-order valence-corrected chi connectivity index (χ0v) is 62.3. The van der Waals surface area contributed by atoms with Crippen LogP contribution in [0.5, 0.6) is 0 Å². The summed E-state index contributed by atoms with van der Waals surface area (Å²) in [6, 6.07) is -0.910. The van der Waals surface area contributed by atoms with E-state index in [1.807, 2.05) is 27.2 Å². The molecule has 0 spiro atoms. The molecule has 3 unspecified atom stereocenters. The molecule has 90 heavy (non-hydrogen) atoms. The van der Waals surface area contributed by atoms with E-state index >= 15 is 0 Å². The number of aliphatic hydroxyl groups is 1. The second kappa shape index (κ2) is 72.0. The van der Waals surface area contributed by atoms with Crippen LogP contribution in [0.2, 0.25) is 0 Å². The standard InChI is InChI=1S/C81H159N2O6P/c1-6-8-10-12-14-16-18-20-22-24-26-28-30-32-34-36-37-38-39-40-41-42-43-44-45-47-49-51-53-55-57-59-61-63-65-67-69-71-73-75-81(85)82-79(78-89-90(86,87)88-77-76-83(3,4)5)80(84)74-72-70-68-66-64-62-60-58-56-54-52-50-48-46-35-33-31-29-27-25-23-21-19-17-15-13-11-9-7-2/h56,58,64,66,72,74,79-80,84H,6-55,57,59-63,65,67-71,73,75-78H2,1-5H3,(H-,82,85,86,87)/b58-56+,66-64+,74-72+. The largest absolute Gasteiger partial charge is 0.756 e. The summed E-state index contributed by atoms with van der Waals surface area (Å²) in [5, 5.41) is 14.0. The van der Waals surface area contributed by atoms with Gasteiger partial charge in [-0.15, -0.1) is 0 Å². The van der Waals surface area contributed by atoms with E-state index in [2.05, 4.69) is 43.5 Å². The second-order valence-electron chi connectivity index (χ2n) is 29.1. The van der Waals surface area contributed by atoms with Crippen LogP contribution in [-0.2, 0) is 18.4 Å². The van der Waals surface area contributed by atoms with Crippen LogP contribution in [0.15, 0.2) is 36.5 Å². The lowest BCUT2D eigenvalue weighted by atomic mass is 10.0. The summed E-state index contributed by atoms with van der Waals surface area (Å²) in [5.41, 5.74) is 0. The predicted molar refractivity (Wildman–Crippen MR) is 395 cm³/mol. The number of quaternary nitrogens is 1. The van der Waals surface area contributed by atoms with E-state index in [-0.39, 0.29) is 12.5 Å². The van der Waals surface area contributed by atoms with Gasteiger partial charge in [0.2, 0.25) is 5.91 Å². The van der Waals surface area contributed by atoms with Crippen molar-refractivity contribution in [3.8, 4) is 0 Å². The monoisotopic (exact) mass is 1290 g/mol. The number of hydrogen-bond acceptors (Lipinski definition) is 6. The van der Waals surface area contributed by atoms with Gasteiger partial charge in [-0.05, 0) is 44.9 Å². The smallest absolute Gasteiger partial charge is 0.268 e. The highest BCUT2D eigenvalue weighted by Crippen LogP contribution is 2.38. The molecule has 0 saturated carbocycles. The van der Waals surface area contributed by atoms with Crippen molar-refractivity contribution in [2.45, 2.75) is 437 Å². The summed E-state index contributed by atoms with van der Waals surface area (Å²) in [6.45, 7) is 4.69. The summed E-state index contributed by atoms with van der Waals surface area (Å²) in [5.74, 6) is -0.202. The highest BCUT2D eigenvalue weighted by molar-refractivity contribution is 7.45. The molecule has 0 rings (SSSR count). The summed E-state index contributed by atoms with van der Waals surface area (Å²) >= 11 is 0. The fourth-order valence-electron chi connectivity index (χ4n) is 12.6. The molecule has 0 bridgehead atoms. The summed E-state index contributed by atoms with van der Waals surface area (Å²) in [4.78, 5) is 25.7. The van der Waals surface area contributed by atoms with Gasteiger partial charge >= 0.3 is 0 Å². The van der Waals surface area contributed by atoms with Crippen LogP contribution >= 0.6 is 7.82 Å². The Kier molecular flexibility index (Phi) is 71.0. The number of unbranched alkanes of at least 4 members (excludes halogenated alkanes) is 59. The Morgan fingerprint density at radius 1 is 0.378 bits per heavy atom. The van der Waals surface area contributed by atoms with Gasteiger partial charge in [0.05, 0.1) is 39.9 Å². The molecular formula is C81H159N2O6P. The van der Waals surface area contributed by atoms with E-state index in [4.69, 9.17) is 9.05 Å². The highest BCUT2D eigenvalue weighted by Gasteiger charge is 2.23. The van der Waals surface area contributed by atoms with Crippen molar-refractivity contribution in [3.63, 3.8) is 0 Å². The molecule has 0 fully saturated rings. The topological polar surface area (TPSA) is 108 Å². The van der Waals surface area contributed by atoms with Crippen LogP contribution < -0.4 is 10.2 Å². The van der Waals surface area contributed by atoms with Crippen molar-refractivity contribution in [1.82, 2.24) is 5.32 Å². The molecule has 1 amide bonds. The van der Waals surface area contributed by atoms with Gasteiger partial charge in [-0.25, -0.2) is 0 Å². The molecule has 0 heterocycles. The molecule has 2 N–H and O–H groups in total. The number of nitrogens with zero attached hydrogens (tertiary/aromatic N) is 1. The molecule has 0 aliphatic carbocycles. The molecule has 0 aromatic heterocycles. The van der Waals surface area contributed by atoms with E-state index < -0.39 is 26.6 Å². The Labute approximate surface area is 563 Å². The SMILES string of the molecule is CCCCCCCCCCCCCCCCCCCCC/C=C/CC/C=C/CC/C=C/C(O)C(COP(=O)([O-])OCC[N+](C)(C)C)NC(=O)CCCCCCCCCCCCCCCCCCCCCCCCCCCCCCCCCCCCCCCCC. The Morgan fingerprint density at radius 3 is 0.900 bits per heavy atom. The summed E-state index contributed by atoms with van der Waals surface area (Å²) in [6.07, 6.45) is 97.7. The number of likely N-dealkylation sites (N-methyl/N-ethyl adjacent to an activating group) is 1. The van der Waals surface area contributed by atoms with Gasteiger partial charge in [-0.1, -0.05) is 410 Å². The maximum atomic E-state index is 13.1. The van der Waals surface area contributed by atoms with E-state index in [9.17, 15) is 19.4 Å². The van der Waals surface area contributed by atoms with Gasteiger partial charge in [0.15, 0.2) is 0 Å². The lowest BCUT2D eigenvalue weighted by Gasteiger charge is -2.29. The number of phosphoric acid groups is 1. The van der Waals surface area contributed by atoms with E-state index in [1.54, 1.807) is 6.08 Å². The molecule has 0 radical (unpaired) electrons. The fraction of sp³-hybridized carbons (Fsp3) is 0.914. The third-order valence-corrected chi connectivity index (χ3v) is 19.8. The number of allylic oxidation sites excluding steroid dienone is 5. The Hall–Kier alpha value is -1.28. The van der Waals surface area contributed by atoms with Gasteiger partial charge in [0.25, 0.3) is 7.82 Å². The van der Waals surface area contributed by atoms with E-state index in [0.717, 1.165) is 44.9 Å². The third kappa shape index (κ3) is 74.1. The lowest BCUT2D eigenvalue weighted by molar-refractivity contribution is -0.870. The molecule has 8 nitrogen and oxygen atoms in total. The molecular weight excluding hydrogens is 1130 g/mol. The molecule has 3 atom stereocenters. The number of amides is 1. The average molecular weight is 1290 g/mol. The van der Waals surface area contributed by atoms with Crippen molar-refractivity contribution in [2.24, 2.45) is 0 Å². The molecule has 534 valence electrons. The van der Waals surface area contributed by atoms with Crippen molar-refractivity contribution >= 4 is 13.7 Å². The van der Waals surface area contributed by atoms with Gasteiger partial charge in [0, 0.05) is 6.42 Å². The van der Waals surface area contributed by atoms with E-state index in [0.29, 0.717) is 17.4 Å². The van der Waals surface area contributed by atoms with Gasteiger partial charge in [-0.2, -0.15) is 0 Å². The molecule has 0 aliphatic rings. The Morgan fingerprint density at radius 2 is 0.622 bits per heavy atom. The number of aliphatic hydroxyl groups excluding tert-OH is 1. The molecule has 0 aromatic rings. The molecule has 0 saturated heterocycles. The Balaban J connectivity index is 3.96. The average Bonchev–Trinajstić information content (AvgIpc) is 3.71. The minimum absolute atomic E-state index is 0.00694. The number of carbonyl (C=O) groups is 1. The minimum atomic E-state index is -4.62. The predicted octanol–water partition coefficient (Wildman–Crippen LogP) is 25.7. The number of phosphoric ester groups is 1. The van der Waals surface area contributed by atoms with Crippen molar-refractivity contribution in [2.75, 3.05) is 40.9 Å². The fourth-order valence-corrected chi connectivity index (χ4v) is 13.3. The van der Waals surface area contributed by atoms with Crippen LogP contribution in [0.25, 0.3) is 0 Å². The maximum absolute atomic E-state index is 13.1. The first kappa shape index (κ1) is 88.7. The van der Waals surface area contributed by atoms with Crippen LogP contribution in [-0.4, -0.2) is 68.5 Å². The number of carbonyl (C=O) groups excluding carboxylic acids is 1. The van der Waals surface area contributed by atoms with Gasteiger partial charge in [-0.3, -0.25) is 9.36 Å². The highest BCUT2D eigenvalue weighted by atomic mass is 31.2. The first-order valence-electron chi connectivity index (χ1n) is 40.4. The van der Waals surface area contributed by atoms with Crippen LogP contribution in [0, 0.1) is 0 Å². The summed E-state index contributed by atoms with van der Waals surface area (Å²) < 4.78 is 23.5. The van der Waals surface area contributed by atoms with Gasteiger partial charge in [0.1, 0.15) is 13.2 Å².